The lowest BCUT2D eigenvalue weighted by molar-refractivity contribution is -0.120. The van der Waals surface area contributed by atoms with Crippen LogP contribution in [0.2, 0.25) is 0 Å². The number of amides is 1. The molecule has 1 rings (SSSR count). The Morgan fingerprint density at radius 1 is 1.25 bits per heavy atom. The van der Waals surface area contributed by atoms with E-state index in [0.717, 1.165) is 17.7 Å². The van der Waals surface area contributed by atoms with Crippen LogP contribution in [0.15, 0.2) is 24.3 Å². The number of hydrogen-bond donors (Lipinski definition) is 2. The molecule has 0 radical (unpaired) electrons. The molecule has 0 aliphatic heterocycles. The maximum absolute atomic E-state index is 11.6. The van der Waals surface area contributed by atoms with Crippen LogP contribution >= 0.6 is 0 Å². The van der Waals surface area contributed by atoms with Gasteiger partial charge in [0.2, 0.25) is 5.91 Å². The van der Waals surface area contributed by atoms with Gasteiger partial charge in [0, 0.05) is 26.3 Å². The third-order valence-corrected chi connectivity index (χ3v) is 3.03. The van der Waals surface area contributed by atoms with Crippen LogP contribution in [-0.2, 0) is 9.53 Å². The molecule has 1 aromatic rings. The molecule has 5 nitrogen and oxygen atoms in total. The Bertz CT molecular complexity index is 393. The molecule has 0 spiro atoms. The minimum atomic E-state index is 0.00136. The van der Waals surface area contributed by atoms with Gasteiger partial charge in [0.05, 0.1) is 13.7 Å². The molecule has 0 saturated carbocycles. The maximum atomic E-state index is 11.6. The number of methoxy groups -OCH3 is 2. The van der Waals surface area contributed by atoms with E-state index in [-0.39, 0.29) is 11.9 Å². The average molecular weight is 280 g/mol. The summed E-state index contributed by atoms with van der Waals surface area (Å²) in [5.74, 6) is 0.832. The summed E-state index contributed by atoms with van der Waals surface area (Å²) in [4.78, 5) is 11.6. The van der Waals surface area contributed by atoms with Gasteiger partial charge in [-0.25, -0.2) is 0 Å². The lowest BCUT2D eigenvalue weighted by Crippen LogP contribution is -2.35. The van der Waals surface area contributed by atoms with Crippen molar-refractivity contribution in [1.29, 1.82) is 0 Å². The first-order valence-electron chi connectivity index (χ1n) is 6.80. The summed E-state index contributed by atoms with van der Waals surface area (Å²) in [5.41, 5.74) is 1.12. The van der Waals surface area contributed by atoms with E-state index in [0.29, 0.717) is 19.7 Å². The van der Waals surface area contributed by atoms with E-state index in [1.807, 2.05) is 31.2 Å². The van der Waals surface area contributed by atoms with Crippen LogP contribution in [0.3, 0.4) is 0 Å². The molecule has 0 bridgehead atoms. The molecule has 0 fully saturated rings. The number of carbonyl (C=O) groups is 1. The van der Waals surface area contributed by atoms with Gasteiger partial charge < -0.3 is 20.1 Å². The monoisotopic (exact) mass is 280 g/mol. The van der Waals surface area contributed by atoms with Crippen LogP contribution in [0.4, 0.5) is 0 Å². The van der Waals surface area contributed by atoms with E-state index in [2.05, 4.69) is 10.6 Å². The third kappa shape index (κ3) is 6.04. The largest absolute Gasteiger partial charge is 0.497 e. The zero-order chi connectivity index (χ0) is 14.8. The van der Waals surface area contributed by atoms with Crippen LogP contribution in [0.5, 0.6) is 5.75 Å². The third-order valence-electron chi connectivity index (χ3n) is 3.03. The molecule has 0 aliphatic carbocycles. The van der Waals surface area contributed by atoms with Crippen molar-refractivity contribution in [3.8, 4) is 5.75 Å². The zero-order valence-electron chi connectivity index (χ0n) is 12.4. The van der Waals surface area contributed by atoms with Crippen molar-refractivity contribution >= 4 is 5.91 Å². The summed E-state index contributed by atoms with van der Waals surface area (Å²) < 4.78 is 10.0. The maximum Gasteiger partial charge on any atom is 0.233 e. The van der Waals surface area contributed by atoms with Gasteiger partial charge in [-0.1, -0.05) is 12.1 Å². The highest BCUT2D eigenvalue weighted by Gasteiger charge is 2.07. The second-order valence-electron chi connectivity index (χ2n) is 4.57. The van der Waals surface area contributed by atoms with Gasteiger partial charge in [-0.3, -0.25) is 4.79 Å². The average Bonchev–Trinajstić information content (AvgIpc) is 2.49. The van der Waals surface area contributed by atoms with Gasteiger partial charge in [-0.2, -0.15) is 0 Å². The molecule has 5 heteroatoms. The predicted octanol–water partition coefficient (Wildman–Crippen LogP) is 1.50. The highest BCUT2D eigenvalue weighted by Crippen LogP contribution is 2.16. The van der Waals surface area contributed by atoms with Crippen LogP contribution in [0, 0.1) is 0 Å². The molecule has 0 heterocycles. The molecule has 1 atom stereocenters. The van der Waals surface area contributed by atoms with E-state index < -0.39 is 0 Å². The van der Waals surface area contributed by atoms with Gasteiger partial charge in [-0.05, 0) is 31.0 Å². The van der Waals surface area contributed by atoms with Crippen molar-refractivity contribution in [3.05, 3.63) is 29.8 Å². The molecule has 1 aromatic carbocycles. The molecular formula is C15H24N2O3. The van der Waals surface area contributed by atoms with Crippen LogP contribution in [0.25, 0.3) is 0 Å². The second kappa shape index (κ2) is 9.34. The van der Waals surface area contributed by atoms with Gasteiger partial charge in [0.1, 0.15) is 5.75 Å². The second-order valence-corrected chi connectivity index (χ2v) is 4.57. The van der Waals surface area contributed by atoms with Crippen molar-refractivity contribution in [3.63, 3.8) is 0 Å². The quantitative estimate of drug-likeness (QED) is 0.673. The van der Waals surface area contributed by atoms with Crippen molar-refractivity contribution < 1.29 is 14.3 Å². The molecule has 1 unspecified atom stereocenters. The van der Waals surface area contributed by atoms with E-state index in [1.54, 1.807) is 14.2 Å². The van der Waals surface area contributed by atoms with E-state index in [9.17, 15) is 4.79 Å². The fraction of sp³-hybridized carbons (Fsp3) is 0.533. The number of nitrogens with one attached hydrogen (secondary N) is 2. The topological polar surface area (TPSA) is 59.6 Å². The SMILES string of the molecule is COCCCNC(=O)CNC(C)c1ccc(OC)cc1. The molecular weight excluding hydrogens is 256 g/mol. The minimum absolute atomic E-state index is 0.00136. The first-order chi connectivity index (χ1) is 9.67. The Hall–Kier alpha value is -1.59. The Labute approximate surface area is 120 Å². The zero-order valence-corrected chi connectivity index (χ0v) is 12.4. The fourth-order valence-corrected chi connectivity index (χ4v) is 1.76. The lowest BCUT2D eigenvalue weighted by Gasteiger charge is -2.14. The molecule has 0 saturated heterocycles. The van der Waals surface area contributed by atoms with E-state index in [1.165, 1.54) is 0 Å². The van der Waals surface area contributed by atoms with Crippen molar-refractivity contribution in [2.45, 2.75) is 19.4 Å². The van der Waals surface area contributed by atoms with Crippen LogP contribution in [-0.4, -0.2) is 39.8 Å². The standard InChI is InChI=1S/C15H24N2O3/c1-12(13-5-7-14(20-3)8-6-13)17-11-15(18)16-9-4-10-19-2/h5-8,12,17H,4,9-11H2,1-3H3,(H,16,18). The Morgan fingerprint density at radius 2 is 1.95 bits per heavy atom. The number of rotatable bonds is 9. The highest BCUT2D eigenvalue weighted by molar-refractivity contribution is 5.77. The molecule has 0 aliphatic rings. The van der Waals surface area contributed by atoms with E-state index in [4.69, 9.17) is 9.47 Å². The van der Waals surface area contributed by atoms with Crippen LogP contribution < -0.4 is 15.4 Å². The van der Waals surface area contributed by atoms with Crippen LogP contribution in [0.1, 0.15) is 24.9 Å². The molecule has 2 N–H and O–H groups in total. The van der Waals surface area contributed by atoms with Gasteiger partial charge >= 0.3 is 0 Å². The summed E-state index contributed by atoms with van der Waals surface area (Å²) in [6, 6.07) is 7.93. The fourth-order valence-electron chi connectivity index (χ4n) is 1.76. The summed E-state index contributed by atoms with van der Waals surface area (Å²) in [5, 5.41) is 6.03. The Balaban J connectivity index is 2.27. The summed E-state index contributed by atoms with van der Waals surface area (Å²) in [6.07, 6.45) is 0.830. The summed E-state index contributed by atoms with van der Waals surface area (Å²) >= 11 is 0. The van der Waals surface area contributed by atoms with Gasteiger partial charge in [0.25, 0.3) is 0 Å². The van der Waals surface area contributed by atoms with Crippen molar-refractivity contribution in [1.82, 2.24) is 10.6 Å². The van der Waals surface area contributed by atoms with Gasteiger partial charge in [0.15, 0.2) is 0 Å². The highest BCUT2D eigenvalue weighted by atomic mass is 16.5. The van der Waals surface area contributed by atoms with Crippen molar-refractivity contribution in [2.24, 2.45) is 0 Å². The lowest BCUT2D eigenvalue weighted by atomic mass is 10.1. The molecule has 0 aromatic heterocycles. The van der Waals surface area contributed by atoms with E-state index >= 15 is 0 Å². The van der Waals surface area contributed by atoms with Gasteiger partial charge in [-0.15, -0.1) is 0 Å². The molecule has 20 heavy (non-hydrogen) atoms. The Morgan fingerprint density at radius 3 is 2.55 bits per heavy atom. The van der Waals surface area contributed by atoms with Crippen molar-refractivity contribution in [2.75, 3.05) is 33.9 Å². The number of hydrogen-bond acceptors (Lipinski definition) is 4. The smallest absolute Gasteiger partial charge is 0.233 e. The normalized spacial score (nSPS) is 11.9. The first-order valence-corrected chi connectivity index (χ1v) is 6.80. The summed E-state index contributed by atoms with van der Waals surface area (Å²) in [7, 11) is 3.30. The molecule has 112 valence electrons. The number of ether oxygens (including phenoxy) is 2. The number of carbonyl (C=O) groups excluding carboxylic acids is 1. The predicted molar refractivity (Wildman–Crippen MR) is 78.9 cm³/mol. The Kier molecular flexibility index (Phi) is 7.69. The number of benzene rings is 1. The summed E-state index contributed by atoms with van der Waals surface area (Å²) in [6.45, 7) is 3.64. The first kappa shape index (κ1) is 16.5. The molecule has 1 amide bonds. The minimum Gasteiger partial charge on any atom is -0.497 e.